The van der Waals surface area contributed by atoms with Crippen molar-refractivity contribution in [2.24, 2.45) is 7.05 Å². The van der Waals surface area contributed by atoms with Crippen LogP contribution < -0.4 is 30.7 Å². The summed E-state index contributed by atoms with van der Waals surface area (Å²) in [5, 5.41) is 16.7. The molecule has 2 saturated carbocycles. The Morgan fingerprint density at radius 1 is 0.719 bits per heavy atom. The number of aryl methyl sites for hydroxylation is 2. The summed E-state index contributed by atoms with van der Waals surface area (Å²) < 4.78 is 6.94. The summed E-state index contributed by atoms with van der Waals surface area (Å²) in [5.41, 5.74) is 8.01. The van der Waals surface area contributed by atoms with Gasteiger partial charge < -0.3 is 35.0 Å². The van der Waals surface area contributed by atoms with E-state index in [1.54, 1.807) is 31.0 Å². The zero-order valence-electron chi connectivity index (χ0n) is 40.2. The molecule has 0 spiro atoms. The lowest BCUT2D eigenvalue weighted by Gasteiger charge is -2.40. The molecule has 2 fully saturated rings. The minimum Gasteiger partial charge on any atom is -0.480 e. The molecule has 2 aromatic carbocycles. The maximum Gasteiger partial charge on any atom is 0.269 e. The summed E-state index contributed by atoms with van der Waals surface area (Å²) in [6.07, 6.45) is 9.26. The summed E-state index contributed by atoms with van der Waals surface area (Å²) in [6.45, 7) is 14.3. The lowest BCUT2D eigenvalue weighted by atomic mass is 9.89. The molecule has 352 valence electrons. The molecule has 0 bridgehead atoms. The van der Waals surface area contributed by atoms with Gasteiger partial charge in [-0.05, 0) is 156 Å². The third kappa shape index (κ3) is 11.8. The lowest BCUT2D eigenvalue weighted by molar-refractivity contribution is 0.0942. The van der Waals surface area contributed by atoms with Crippen LogP contribution in [0.25, 0.3) is 0 Å². The van der Waals surface area contributed by atoms with Gasteiger partial charge in [-0.3, -0.25) is 29.3 Å². The van der Waals surface area contributed by atoms with E-state index in [1.807, 2.05) is 39.8 Å². The van der Waals surface area contributed by atoms with Crippen molar-refractivity contribution in [1.82, 2.24) is 40.4 Å². The fourth-order valence-electron chi connectivity index (χ4n) is 9.63. The maximum absolute atomic E-state index is 13.1. The van der Waals surface area contributed by atoms with E-state index >= 15 is 0 Å². The van der Waals surface area contributed by atoms with Crippen LogP contribution in [0.1, 0.15) is 120 Å². The molecule has 2 aliphatic rings. The van der Waals surface area contributed by atoms with Crippen molar-refractivity contribution < 1.29 is 14.3 Å². The summed E-state index contributed by atoms with van der Waals surface area (Å²) in [5.74, 6) is 0.124. The Morgan fingerprint density at radius 2 is 1.12 bits per heavy atom. The van der Waals surface area contributed by atoms with Gasteiger partial charge in [-0.2, -0.15) is 0 Å². The van der Waals surface area contributed by atoms with Crippen molar-refractivity contribution in [3.63, 3.8) is 0 Å². The summed E-state index contributed by atoms with van der Waals surface area (Å²) in [7, 11) is 12.0. The number of amides is 2. The van der Waals surface area contributed by atoms with Crippen LogP contribution in [-0.2, 0) is 20.1 Å². The fraction of sp³-hybridized carbons (Fsp3) is 0.583. The first-order chi connectivity index (χ1) is 30.4. The van der Waals surface area contributed by atoms with Crippen LogP contribution >= 0.6 is 23.2 Å². The Bertz CT molecular complexity index is 2270. The minimum absolute atomic E-state index is 0.152. The average Bonchev–Trinajstić information content (AvgIpc) is 3.76. The fourth-order valence-corrected chi connectivity index (χ4v) is 10.1. The molecule has 4 aromatic rings. The average molecular weight is 924 g/mol. The van der Waals surface area contributed by atoms with Crippen LogP contribution in [0.2, 0.25) is 10.0 Å². The topological polar surface area (TPSA) is 147 Å². The second kappa shape index (κ2) is 22.6. The zero-order chi connectivity index (χ0) is 47.0. The van der Waals surface area contributed by atoms with Crippen LogP contribution in [0.5, 0.6) is 5.88 Å². The molecule has 2 heterocycles. The zero-order valence-corrected chi connectivity index (χ0v) is 41.7. The quantitative estimate of drug-likeness (QED) is 0.0934. The predicted molar refractivity (Wildman–Crippen MR) is 261 cm³/mol. The molecule has 4 N–H and O–H groups in total. The minimum atomic E-state index is -0.221. The van der Waals surface area contributed by atoms with Crippen molar-refractivity contribution in [1.29, 1.82) is 0 Å². The first-order valence-electron chi connectivity index (χ1n) is 22.7. The van der Waals surface area contributed by atoms with E-state index in [-0.39, 0.29) is 23.9 Å². The van der Waals surface area contributed by atoms with Crippen molar-refractivity contribution >= 4 is 46.4 Å². The Labute approximate surface area is 390 Å². The van der Waals surface area contributed by atoms with Gasteiger partial charge in [-0.25, -0.2) is 0 Å². The summed E-state index contributed by atoms with van der Waals surface area (Å²) in [6, 6.07) is 9.63. The van der Waals surface area contributed by atoms with E-state index < -0.39 is 0 Å². The second-order valence-electron chi connectivity index (χ2n) is 17.9. The maximum atomic E-state index is 13.1. The van der Waals surface area contributed by atoms with Crippen molar-refractivity contribution in [3.8, 4) is 5.88 Å². The van der Waals surface area contributed by atoms with E-state index in [0.717, 1.165) is 78.2 Å². The summed E-state index contributed by atoms with van der Waals surface area (Å²) >= 11 is 13.0. The standard InChI is InChI=1S/2C24H36ClN5O2/c1-7-30(19-10-8-18(9-11-19)28(4)5)22-13-17(25)12-20(15(22)2)23(31)26-14-21-16(3)29(6)27-24(21)32;1-7-30(19-10-8-18(9-11-19)29(4)5)22-13-17(25)12-20(15(22)2)23(31)26-14-21-16(3)27-28-24(21)32-6/h12-13,18-19H,7-11,14H2,1-6H3,(H,26,31)(H,27,32);12-13,18-19H,7-11,14H2,1-6H3,(H,26,31)(H,27,28). The molecule has 64 heavy (non-hydrogen) atoms. The molecule has 16 heteroatoms. The number of carbonyl (C=O) groups is 2. The molecule has 0 atom stereocenters. The molecule has 14 nitrogen and oxygen atoms in total. The van der Waals surface area contributed by atoms with Gasteiger partial charge in [0.2, 0.25) is 5.88 Å². The van der Waals surface area contributed by atoms with E-state index in [9.17, 15) is 14.4 Å². The molecule has 6 rings (SSSR count). The number of hydrogen-bond acceptors (Lipinski definition) is 9. The molecule has 2 aromatic heterocycles. The van der Waals surface area contributed by atoms with Gasteiger partial charge in [0.05, 0.1) is 31.3 Å². The smallest absolute Gasteiger partial charge is 0.269 e. The predicted octanol–water partition coefficient (Wildman–Crippen LogP) is 7.93. The number of carbonyl (C=O) groups excluding carboxylic acids is 2. The highest BCUT2D eigenvalue weighted by atomic mass is 35.5. The van der Waals surface area contributed by atoms with Gasteiger partial charge in [-0.1, -0.05) is 23.2 Å². The number of anilines is 2. The number of benzene rings is 2. The number of methoxy groups -OCH3 is 1. The number of halogens is 2. The first kappa shape index (κ1) is 50.5. The van der Waals surface area contributed by atoms with Gasteiger partial charge in [-0.15, -0.1) is 5.10 Å². The normalized spacial score (nSPS) is 18.7. The highest BCUT2D eigenvalue weighted by molar-refractivity contribution is 6.31. The number of H-pyrrole nitrogens is 2. The van der Waals surface area contributed by atoms with Crippen LogP contribution in [0, 0.1) is 27.7 Å². The number of nitrogens with one attached hydrogen (secondary N) is 4. The Kier molecular flexibility index (Phi) is 17.8. The van der Waals surface area contributed by atoms with Crippen molar-refractivity contribution in [2.75, 3.05) is 58.2 Å². The Morgan fingerprint density at radius 3 is 1.48 bits per heavy atom. The highest BCUT2D eigenvalue weighted by Gasteiger charge is 2.30. The first-order valence-corrected chi connectivity index (χ1v) is 23.5. The number of nitrogens with zero attached hydrogens (tertiary/aromatic N) is 6. The van der Waals surface area contributed by atoms with Gasteiger partial charge >= 0.3 is 0 Å². The Balaban J connectivity index is 0.000000241. The molecule has 2 amide bonds. The molecular weight excluding hydrogens is 851 g/mol. The molecule has 0 unspecified atom stereocenters. The Hall–Kier alpha value is -4.50. The molecule has 2 aliphatic carbocycles. The number of aromatic nitrogens is 4. The van der Waals surface area contributed by atoms with Gasteiger partial charge in [0.25, 0.3) is 17.4 Å². The number of ether oxygens (including phenoxy) is 1. The van der Waals surface area contributed by atoms with Crippen molar-refractivity contribution in [3.05, 3.63) is 89.4 Å². The van der Waals surface area contributed by atoms with Crippen molar-refractivity contribution in [2.45, 2.75) is 130 Å². The number of aromatic amines is 2. The van der Waals surface area contributed by atoms with Crippen LogP contribution in [0.4, 0.5) is 11.4 Å². The van der Waals surface area contributed by atoms with Crippen LogP contribution in [-0.4, -0.2) is 114 Å². The van der Waals surface area contributed by atoms with Gasteiger partial charge in [0.1, 0.15) is 0 Å². The van der Waals surface area contributed by atoms with Gasteiger partial charge in [0.15, 0.2) is 0 Å². The highest BCUT2D eigenvalue weighted by Crippen LogP contribution is 2.36. The van der Waals surface area contributed by atoms with E-state index in [1.165, 1.54) is 25.7 Å². The van der Waals surface area contributed by atoms with E-state index in [0.29, 0.717) is 63.3 Å². The van der Waals surface area contributed by atoms with E-state index in [2.05, 4.69) is 87.6 Å². The third-order valence-corrected chi connectivity index (χ3v) is 14.2. The van der Waals surface area contributed by atoms with Crippen LogP contribution in [0.15, 0.2) is 29.1 Å². The van der Waals surface area contributed by atoms with Crippen LogP contribution in [0.3, 0.4) is 0 Å². The monoisotopic (exact) mass is 923 g/mol. The molecule has 0 radical (unpaired) electrons. The summed E-state index contributed by atoms with van der Waals surface area (Å²) in [4.78, 5) is 47.7. The number of hydrogen-bond donors (Lipinski definition) is 4. The van der Waals surface area contributed by atoms with Gasteiger partial charge in [0, 0.05) is 88.2 Å². The van der Waals surface area contributed by atoms with E-state index in [4.69, 9.17) is 27.9 Å². The molecule has 0 aliphatic heterocycles. The third-order valence-electron chi connectivity index (χ3n) is 13.7. The second-order valence-corrected chi connectivity index (χ2v) is 18.8. The SMILES string of the molecule is CCN(c1cc(Cl)cc(C(=O)NCc2c(C)n(C)[nH]c2=O)c1C)C1CCC(N(C)C)CC1.CCN(c1cc(Cl)cc(C(=O)NCc2c(OC)n[nH]c2C)c1C)C1CCC(N(C)C)CC1. The largest absolute Gasteiger partial charge is 0.480 e. The molecule has 0 saturated heterocycles. The molecular formula is C48H72Cl2N10O4. The number of rotatable bonds is 15. The lowest BCUT2D eigenvalue weighted by Crippen LogP contribution is -2.42.